The Balaban J connectivity index is 1.78. The van der Waals surface area contributed by atoms with Gasteiger partial charge in [0.2, 0.25) is 11.9 Å². The molecular formula is C19H27N5O2. The third kappa shape index (κ3) is 3.72. The van der Waals surface area contributed by atoms with Gasteiger partial charge < -0.3 is 15.4 Å². The fraction of sp³-hybridized carbons (Fsp3) is 0.526. The molecule has 0 bridgehead atoms. The molecule has 26 heavy (non-hydrogen) atoms. The standard InChI is InChI=1S/C19H27N5O2/c1-5-6-8-14-12(3)21-19(23-17(14)25)24-18-20-11(2)13-9-7-10-15(26-4)16(13)22-18/h7,9-10,12,14,19,21H,5-6,8H2,1-4H3,(H,23,25)(H,20,22,24). The molecule has 1 amide bonds. The number of hydrogen-bond donors (Lipinski definition) is 3. The van der Waals surface area contributed by atoms with E-state index in [0.717, 1.165) is 35.9 Å². The summed E-state index contributed by atoms with van der Waals surface area (Å²) in [6, 6.07) is 5.85. The van der Waals surface area contributed by atoms with Gasteiger partial charge >= 0.3 is 0 Å². The van der Waals surface area contributed by atoms with E-state index in [4.69, 9.17) is 4.74 Å². The zero-order valence-electron chi connectivity index (χ0n) is 15.8. The lowest BCUT2D eigenvalue weighted by Gasteiger charge is -2.36. The van der Waals surface area contributed by atoms with Crippen molar-refractivity contribution in [2.45, 2.75) is 52.4 Å². The van der Waals surface area contributed by atoms with Crippen LogP contribution in [-0.2, 0) is 4.79 Å². The molecule has 0 radical (unpaired) electrons. The molecule has 1 aliphatic heterocycles. The number of rotatable bonds is 6. The van der Waals surface area contributed by atoms with Gasteiger partial charge in [0, 0.05) is 11.4 Å². The van der Waals surface area contributed by atoms with Crippen molar-refractivity contribution >= 4 is 22.8 Å². The Kier molecular flexibility index (Phi) is 5.56. The second kappa shape index (κ2) is 7.86. The molecule has 0 saturated carbocycles. The maximum atomic E-state index is 12.4. The summed E-state index contributed by atoms with van der Waals surface area (Å²) in [5.41, 5.74) is 1.61. The lowest BCUT2D eigenvalue weighted by Crippen LogP contribution is -2.63. The zero-order valence-corrected chi connectivity index (χ0v) is 15.8. The Labute approximate surface area is 153 Å². The van der Waals surface area contributed by atoms with Gasteiger partial charge in [-0.3, -0.25) is 10.1 Å². The summed E-state index contributed by atoms with van der Waals surface area (Å²) < 4.78 is 5.41. The molecule has 1 aromatic carbocycles. The van der Waals surface area contributed by atoms with E-state index in [-0.39, 0.29) is 17.9 Å². The number of carbonyl (C=O) groups is 1. The van der Waals surface area contributed by atoms with Gasteiger partial charge in [0.05, 0.1) is 18.7 Å². The van der Waals surface area contributed by atoms with E-state index in [1.165, 1.54) is 0 Å². The van der Waals surface area contributed by atoms with Crippen LogP contribution in [-0.4, -0.2) is 35.3 Å². The lowest BCUT2D eigenvalue weighted by molar-refractivity contribution is -0.129. The first-order valence-electron chi connectivity index (χ1n) is 9.17. The van der Waals surface area contributed by atoms with Crippen LogP contribution < -0.4 is 20.7 Å². The molecule has 7 heteroatoms. The number of carbonyl (C=O) groups excluding carboxylic acids is 1. The Bertz CT molecular complexity index is 795. The van der Waals surface area contributed by atoms with E-state index in [9.17, 15) is 4.79 Å². The molecule has 1 aromatic heterocycles. The number of nitrogens with zero attached hydrogens (tertiary/aromatic N) is 2. The minimum atomic E-state index is -0.401. The molecular weight excluding hydrogens is 330 g/mol. The summed E-state index contributed by atoms with van der Waals surface area (Å²) in [4.78, 5) is 21.5. The van der Waals surface area contributed by atoms with E-state index < -0.39 is 6.29 Å². The number of nitrogens with one attached hydrogen (secondary N) is 3. The first-order chi connectivity index (χ1) is 12.5. The minimum absolute atomic E-state index is 0.00708. The number of fused-ring (bicyclic) bond motifs is 1. The maximum absolute atomic E-state index is 12.4. The average molecular weight is 357 g/mol. The largest absolute Gasteiger partial charge is 0.494 e. The minimum Gasteiger partial charge on any atom is -0.494 e. The monoisotopic (exact) mass is 357 g/mol. The number of aromatic nitrogens is 2. The molecule has 3 N–H and O–H groups in total. The molecule has 3 unspecified atom stereocenters. The second-order valence-electron chi connectivity index (χ2n) is 6.78. The Morgan fingerprint density at radius 2 is 2.12 bits per heavy atom. The molecule has 3 rings (SSSR count). The number of ether oxygens (including phenoxy) is 1. The fourth-order valence-corrected chi connectivity index (χ4v) is 3.42. The quantitative estimate of drug-likeness (QED) is 0.736. The number of amides is 1. The van der Waals surface area contributed by atoms with Gasteiger partial charge in [-0.2, -0.15) is 0 Å². The van der Waals surface area contributed by atoms with Crippen molar-refractivity contribution in [1.82, 2.24) is 20.6 Å². The lowest BCUT2D eigenvalue weighted by atomic mass is 9.92. The molecule has 0 spiro atoms. The fourth-order valence-electron chi connectivity index (χ4n) is 3.42. The number of anilines is 1. The second-order valence-corrected chi connectivity index (χ2v) is 6.78. The summed E-state index contributed by atoms with van der Waals surface area (Å²) in [5.74, 6) is 1.21. The third-order valence-corrected chi connectivity index (χ3v) is 4.90. The van der Waals surface area contributed by atoms with Gasteiger partial charge in [0.25, 0.3) is 0 Å². The van der Waals surface area contributed by atoms with E-state index in [1.54, 1.807) is 7.11 Å². The average Bonchev–Trinajstić information content (AvgIpc) is 2.60. The van der Waals surface area contributed by atoms with Crippen molar-refractivity contribution in [2.24, 2.45) is 5.92 Å². The summed E-state index contributed by atoms with van der Waals surface area (Å²) in [6.07, 6.45) is 2.63. The molecule has 0 aliphatic carbocycles. The Morgan fingerprint density at radius 1 is 1.31 bits per heavy atom. The smallest absolute Gasteiger partial charge is 0.227 e. The van der Waals surface area contributed by atoms with Crippen LogP contribution in [0.25, 0.3) is 10.9 Å². The van der Waals surface area contributed by atoms with Crippen LogP contribution in [0.1, 0.15) is 38.8 Å². The van der Waals surface area contributed by atoms with E-state index >= 15 is 0 Å². The van der Waals surface area contributed by atoms with Crippen LogP contribution in [0.15, 0.2) is 18.2 Å². The van der Waals surface area contributed by atoms with Crippen molar-refractivity contribution in [3.8, 4) is 5.75 Å². The van der Waals surface area contributed by atoms with Crippen LogP contribution >= 0.6 is 0 Å². The third-order valence-electron chi connectivity index (χ3n) is 4.90. The van der Waals surface area contributed by atoms with Crippen LogP contribution in [0.4, 0.5) is 5.95 Å². The van der Waals surface area contributed by atoms with Crippen molar-refractivity contribution in [2.75, 3.05) is 12.4 Å². The van der Waals surface area contributed by atoms with Crippen molar-refractivity contribution in [1.29, 1.82) is 0 Å². The van der Waals surface area contributed by atoms with Crippen LogP contribution in [0.3, 0.4) is 0 Å². The number of methoxy groups -OCH3 is 1. The number of benzene rings is 1. The summed E-state index contributed by atoms with van der Waals surface area (Å²) in [5, 5.41) is 10.5. The number of aryl methyl sites for hydroxylation is 1. The van der Waals surface area contributed by atoms with Gasteiger partial charge in [-0.25, -0.2) is 9.97 Å². The van der Waals surface area contributed by atoms with Crippen LogP contribution in [0, 0.1) is 12.8 Å². The molecule has 1 saturated heterocycles. The Hall–Kier alpha value is -2.41. The number of hydrogen-bond acceptors (Lipinski definition) is 6. The summed E-state index contributed by atoms with van der Waals surface area (Å²) in [7, 11) is 1.63. The van der Waals surface area contributed by atoms with Gasteiger partial charge in [-0.05, 0) is 26.3 Å². The topological polar surface area (TPSA) is 88.2 Å². The molecule has 2 heterocycles. The van der Waals surface area contributed by atoms with Gasteiger partial charge in [-0.15, -0.1) is 0 Å². The number of para-hydroxylation sites is 1. The van der Waals surface area contributed by atoms with Crippen LogP contribution in [0.5, 0.6) is 5.75 Å². The highest BCUT2D eigenvalue weighted by Crippen LogP contribution is 2.26. The normalized spacial score (nSPS) is 22.9. The highest BCUT2D eigenvalue weighted by Gasteiger charge is 2.33. The highest BCUT2D eigenvalue weighted by atomic mass is 16.5. The molecule has 7 nitrogen and oxygen atoms in total. The molecule has 3 atom stereocenters. The molecule has 1 fully saturated rings. The predicted octanol–water partition coefficient (Wildman–Crippen LogP) is 2.56. The van der Waals surface area contributed by atoms with E-state index in [2.05, 4.69) is 32.8 Å². The van der Waals surface area contributed by atoms with E-state index in [0.29, 0.717) is 11.7 Å². The van der Waals surface area contributed by atoms with Gasteiger partial charge in [0.1, 0.15) is 11.3 Å². The van der Waals surface area contributed by atoms with Gasteiger partial charge in [-0.1, -0.05) is 31.9 Å². The van der Waals surface area contributed by atoms with Crippen molar-refractivity contribution in [3.63, 3.8) is 0 Å². The van der Waals surface area contributed by atoms with Crippen molar-refractivity contribution in [3.05, 3.63) is 23.9 Å². The first kappa shape index (κ1) is 18.4. The molecule has 140 valence electrons. The first-order valence-corrected chi connectivity index (χ1v) is 9.17. The maximum Gasteiger partial charge on any atom is 0.227 e. The molecule has 1 aliphatic rings. The summed E-state index contributed by atoms with van der Waals surface area (Å²) in [6.45, 7) is 6.12. The van der Waals surface area contributed by atoms with Gasteiger partial charge in [0.15, 0.2) is 6.29 Å². The molecule has 2 aromatic rings. The predicted molar refractivity (Wildman–Crippen MR) is 102 cm³/mol. The van der Waals surface area contributed by atoms with E-state index in [1.807, 2.05) is 32.0 Å². The highest BCUT2D eigenvalue weighted by molar-refractivity contribution is 5.87. The number of unbranched alkanes of at least 4 members (excludes halogenated alkanes) is 1. The van der Waals surface area contributed by atoms with Crippen LogP contribution in [0.2, 0.25) is 0 Å². The summed E-state index contributed by atoms with van der Waals surface area (Å²) >= 11 is 0. The van der Waals surface area contributed by atoms with Crippen molar-refractivity contribution < 1.29 is 9.53 Å². The Morgan fingerprint density at radius 3 is 2.81 bits per heavy atom. The zero-order chi connectivity index (χ0) is 18.7. The SMILES string of the molecule is CCCCC1C(=O)NC(Nc2nc(C)c3cccc(OC)c3n2)NC1C.